The van der Waals surface area contributed by atoms with Crippen molar-refractivity contribution in [3.05, 3.63) is 0 Å². The highest BCUT2D eigenvalue weighted by Gasteiger charge is 2.02. The van der Waals surface area contributed by atoms with Crippen molar-refractivity contribution in [2.45, 2.75) is 52.9 Å². The predicted molar refractivity (Wildman–Crippen MR) is 60.9 cm³/mol. The maximum atomic E-state index is 3.48. The third kappa shape index (κ3) is 7.15. The lowest BCUT2D eigenvalue weighted by Gasteiger charge is -2.11. The Hall–Kier alpha value is 0.480. The van der Waals surface area contributed by atoms with Crippen molar-refractivity contribution in [1.29, 1.82) is 0 Å². The molecule has 0 saturated heterocycles. The van der Waals surface area contributed by atoms with E-state index in [9.17, 15) is 0 Å². The van der Waals surface area contributed by atoms with Crippen LogP contribution < -0.4 is 0 Å². The molecule has 0 amide bonds. The van der Waals surface area contributed by atoms with Crippen molar-refractivity contribution in [3.63, 3.8) is 0 Å². The molecule has 74 valence electrons. The lowest BCUT2D eigenvalue weighted by Crippen LogP contribution is -1.98. The molecule has 0 nitrogen and oxygen atoms in total. The molecule has 0 aliphatic heterocycles. The minimum Gasteiger partial charge on any atom is -0.0928 e. The molecule has 0 radical (unpaired) electrons. The fourth-order valence-corrected chi connectivity index (χ4v) is 2.13. The highest BCUT2D eigenvalue weighted by atomic mass is 79.9. The van der Waals surface area contributed by atoms with Gasteiger partial charge in [-0.3, -0.25) is 0 Å². The van der Waals surface area contributed by atoms with Gasteiger partial charge in [0.1, 0.15) is 0 Å². The number of rotatable bonds is 7. The zero-order valence-electron chi connectivity index (χ0n) is 8.78. The fraction of sp³-hybridized carbons (Fsp3) is 1.00. The molecule has 0 aliphatic carbocycles. The first-order valence-electron chi connectivity index (χ1n) is 5.26. The molecular formula is C11H23Br. The highest BCUT2D eigenvalue weighted by molar-refractivity contribution is 9.09. The molecule has 0 saturated carbocycles. The van der Waals surface area contributed by atoms with Gasteiger partial charge in [0.25, 0.3) is 0 Å². The summed E-state index contributed by atoms with van der Waals surface area (Å²) in [7, 11) is 0. The Morgan fingerprint density at radius 1 is 1.00 bits per heavy atom. The molecule has 0 aromatic carbocycles. The van der Waals surface area contributed by atoms with Gasteiger partial charge in [-0.2, -0.15) is 0 Å². The molecule has 0 fully saturated rings. The van der Waals surface area contributed by atoms with Crippen LogP contribution in [0, 0.1) is 11.8 Å². The molecule has 0 aromatic heterocycles. The molecule has 0 aliphatic rings. The lowest BCUT2D eigenvalue weighted by atomic mass is 9.96. The molecule has 0 heterocycles. The summed E-state index contributed by atoms with van der Waals surface area (Å²) < 4.78 is 0. The number of hydrogen-bond donors (Lipinski definition) is 0. The quantitative estimate of drug-likeness (QED) is 0.564. The Balaban J connectivity index is 3.18. The summed E-state index contributed by atoms with van der Waals surface area (Å²) in [5.41, 5.74) is 0. The van der Waals surface area contributed by atoms with Crippen LogP contribution in [-0.4, -0.2) is 5.33 Å². The molecule has 1 heteroatoms. The van der Waals surface area contributed by atoms with Crippen LogP contribution in [0.5, 0.6) is 0 Å². The van der Waals surface area contributed by atoms with Gasteiger partial charge in [-0.05, 0) is 18.3 Å². The monoisotopic (exact) mass is 234 g/mol. The van der Waals surface area contributed by atoms with E-state index in [4.69, 9.17) is 0 Å². The summed E-state index contributed by atoms with van der Waals surface area (Å²) in [5.74, 6) is 1.84. The van der Waals surface area contributed by atoms with Gasteiger partial charge in [0.15, 0.2) is 0 Å². The molecule has 0 bridgehead atoms. The molecule has 0 N–H and O–H groups in total. The third-order valence-electron chi connectivity index (χ3n) is 2.69. The van der Waals surface area contributed by atoms with Crippen molar-refractivity contribution in [2.24, 2.45) is 11.8 Å². The molecule has 0 aromatic rings. The van der Waals surface area contributed by atoms with Gasteiger partial charge in [-0.1, -0.05) is 62.4 Å². The largest absolute Gasteiger partial charge is 0.0928 e. The summed E-state index contributed by atoms with van der Waals surface area (Å²) in [6.07, 6.45) is 6.93. The number of halogens is 1. The van der Waals surface area contributed by atoms with Crippen molar-refractivity contribution in [1.82, 2.24) is 0 Å². The summed E-state index contributed by atoms with van der Waals surface area (Å²) in [6, 6.07) is 0. The zero-order valence-corrected chi connectivity index (χ0v) is 10.4. The van der Waals surface area contributed by atoms with Gasteiger partial charge in [-0.15, -0.1) is 0 Å². The molecule has 0 spiro atoms. The van der Waals surface area contributed by atoms with Crippen LogP contribution in [0.15, 0.2) is 0 Å². The van der Waals surface area contributed by atoms with Crippen LogP contribution in [0.4, 0.5) is 0 Å². The fourth-order valence-electron chi connectivity index (χ4n) is 1.35. The van der Waals surface area contributed by atoms with E-state index in [0.29, 0.717) is 0 Å². The second-order valence-corrected chi connectivity index (χ2v) is 4.82. The van der Waals surface area contributed by atoms with Crippen LogP contribution in [0.25, 0.3) is 0 Å². The molecule has 2 unspecified atom stereocenters. The third-order valence-corrected chi connectivity index (χ3v) is 3.15. The van der Waals surface area contributed by atoms with E-state index >= 15 is 0 Å². The Morgan fingerprint density at radius 2 is 1.58 bits per heavy atom. The van der Waals surface area contributed by atoms with Crippen molar-refractivity contribution >= 4 is 15.9 Å². The van der Waals surface area contributed by atoms with E-state index in [2.05, 4.69) is 36.7 Å². The summed E-state index contributed by atoms with van der Waals surface area (Å²) in [4.78, 5) is 0. The average molecular weight is 235 g/mol. The van der Waals surface area contributed by atoms with Crippen molar-refractivity contribution < 1.29 is 0 Å². The first-order valence-corrected chi connectivity index (χ1v) is 6.38. The van der Waals surface area contributed by atoms with Gasteiger partial charge < -0.3 is 0 Å². The van der Waals surface area contributed by atoms with Crippen LogP contribution >= 0.6 is 15.9 Å². The normalized spacial score (nSPS) is 16.0. The van der Waals surface area contributed by atoms with Crippen LogP contribution in [0.3, 0.4) is 0 Å². The summed E-state index contributed by atoms with van der Waals surface area (Å²) in [5, 5.41) is 1.16. The standard InChI is InChI=1S/C11H23Br/c1-4-10(2)6-5-7-11(3)8-9-12/h10-11H,4-9H2,1-3H3. The summed E-state index contributed by atoms with van der Waals surface area (Å²) >= 11 is 3.48. The van der Waals surface area contributed by atoms with Gasteiger partial charge in [0.2, 0.25) is 0 Å². The van der Waals surface area contributed by atoms with Crippen LogP contribution in [0.2, 0.25) is 0 Å². The zero-order chi connectivity index (χ0) is 9.40. The van der Waals surface area contributed by atoms with E-state index in [1.807, 2.05) is 0 Å². The Labute approximate surface area is 86.3 Å². The smallest absolute Gasteiger partial charge is 0.00338 e. The Kier molecular flexibility index (Phi) is 8.42. The van der Waals surface area contributed by atoms with Gasteiger partial charge in [0.05, 0.1) is 0 Å². The number of alkyl halides is 1. The molecule has 12 heavy (non-hydrogen) atoms. The molecule has 0 rings (SSSR count). The summed E-state index contributed by atoms with van der Waals surface area (Å²) in [6.45, 7) is 7.00. The van der Waals surface area contributed by atoms with Gasteiger partial charge >= 0.3 is 0 Å². The van der Waals surface area contributed by atoms with Crippen LogP contribution in [-0.2, 0) is 0 Å². The second kappa shape index (κ2) is 8.10. The maximum Gasteiger partial charge on any atom is 0.00338 e. The number of hydrogen-bond acceptors (Lipinski definition) is 0. The predicted octanol–water partition coefficient (Wildman–Crippen LogP) is 4.62. The van der Waals surface area contributed by atoms with Gasteiger partial charge in [-0.25, -0.2) is 0 Å². The van der Waals surface area contributed by atoms with Gasteiger partial charge in [0, 0.05) is 5.33 Å². The van der Waals surface area contributed by atoms with E-state index in [0.717, 1.165) is 17.2 Å². The Morgan fingerprint density at radius 3 is 2.08 bits per heavy atom. The minimum absolute atomic E-state index is 0.911. The second-order valence-electron chi connectivity index (χ2n) is 4.03. The molecular weight excluding hydrogens is 212 g/mol. The Bertz CT molecular complexity index is 91.0. The minimum atomic E-state index is 0.911. The van der Waals surface area contributed by atoms with E-state index in [1.165, 1.54) is 32.1 Å². The van der Waals surface area contributed by atoms with Crippen molar-refractivity contribution in [3.8, 4) is 0 Å². The highest BCUT2D eigenvalue weighted by Crippen LogP contribution is 2.17. The maximum absolute atomic E-state index is 3.48. The van der Waals surface area contributed by atoms with Crippen LogP contribution in [0.1, 0.15) is 52.9 Å². The van der Waals surface area contributed by atoms with E-state index in [1.54, 1.807) is 0 Å². The first kappa shape index (κ1) is 12.5. The van der Waals surface area contributed by atoms with Crippen molar-refractivity contribution in [2.75, 3.05) is 5.33 Å². The van der Waals surface area contributed by atoms with E-state index in [-0.39, 0.29) is 0 Å². The van der Waals surface area contributed by atoms with E-state index < -0.39 is 0 Å². The topological polar surface area (TPSA) is 0 Å². The average Bonchev–Trinajstić information content (AvgIpc) is 2.04. The molecule has 2 atom stereocenters. The lowest BCUT2D eigenvalue weighted by molar-refractivity contribution is 0.429. The SMILES string of the molecule is CCC(C)CCCC(C)CCBr. The first-order chi connectivity index (χ1) is 5.70.